The monoisotopic (exact) mass is 318 g/mol. The van der Waals surface area contributed by atoms with Gasteiger partial charge in [0.15, 0.2) is 0 Å². The highest BCUT2D eigenvalue weighted by atomic mass is 79.9. The molecule has 1 heterocycles. The van der Waals surface area contributed by atoms with Crippen molar-refractivity contribution >= 4 is 38.9 Å². The first-order valence-corrected chi connectivity index (χ1v) is 7.14. The summed E-state index contributed by atoms with van der Waals surface area (Å²) in [6, 6.07) is 0.112. The molecule has 0 atom stereocenters. The summed E-state index contributed by atoms with van der Waals surface area (Å²) in [5.41, 5.74) is 6.50. The molecule has 1 rings (SSSR count). The standard InChI is InChI=1S/C12H19BrN2OS/c1-6(2)15-11(16)9-8(14)7(13)10(17-9)12(3,4)5/h6H,14H2,1-5H3,(H,15,16). The van der Waals surface area contributed by atoms with E-state index in [-0.39, 0.29) is 17.4 Å². The van der Waals surface area contributed by atoms with Gasteiger partial charge in [0.1, 0.15) is 4.88 Å². The Morgan fingerprint density at radius 2 is 1.94 bits per heavy atom. The van der Waals surface area contributed by atoms with E-state index in [1.165, 1.54) is 11.3 Å². The summed E-state index contributed by atoms with van der Waals surface area (Å²) in [6.45, 7) is 10.2. The van der Waals surface area contributed by atoms with Crippen molar-refractivity contribution < 1.29 is 4.79 Å². The van der Waals surface area contributed by atoms with Crippen LogP contribution in [-0.4, -0.2) is 11.9 Å². The van der Waals surface area contributed by atoms with Crippen LogP contribution >= 0.6 is 27.3 Å². The van der Waals surface area contributed by atoms with Crippen LogP contribution in [0.15, 0.2) is 4.47 Å². The summed E-state index contributed by atoms with van der Waals surface area (Å²) >= 11 is 4.94. The second-order valence-corrected chi connectivity index (χ2v) is 7.18. The van der Waals surface area contributed by atoms with Crippen LogP contribution in [0.5, 0.6) is 0 Å². The van der Waals surface area contributed by atoms with Crippen molar-refractivity contribution in [2.45, 2.75) is 46.1 Å². The molecule has 0 spiro atoms. The van der Waals surface area contributed by atoms with Gasteiger partial charge in [0.05, 0.1) is 10.2 Å². The molecule has 0 unspecified atom stereocenters. The van der Waals surface area contributed by atoms with Crippen LogP contribution < -0.4 is 11.1 Å². The highest BCUT2D eigenvalue weighted by Crippen LogP contribution is 2.42. The Kier molecular flexibility index (Phi) is 4.25. The van der Waals surface area contributed by atoms with Crippen molar-refractivity contribution in [2.75, 3.05) is 5.73 Å². The van der Waals surface area contributed by atoms with Gasteiger partial charge in [0.25, 0.3) is 5.91 Å². The van der Waals surface area contributed by atoms with Crippen molar-refractivity contribution in [3.05, 3.63) is 14.2 Å². The van der Waals surface area contributed by atoms with Crippen LogP contribution in [0, 0.1) is 0 Å². The Labute approximate surface area is 115 Å². The van der Waals surface area contributed by atoms with Crippen molar-refractivity contribution in [1.82, 2.24) is 5.32 Å². The maximum Gasteiger partial charge on any atom is 0.263 e. The zero-order valence-corrected chi connectivity index (χ0v) is 13.3. The van der Waals surface area contributed by atoms with E-state index in [0.717, 1.165) is 9.35 Å². The van der Waals surface area contributed by atoms with Gasteiger partial charge in [-0.2, -0.15) is 0 Å². The fourth-order valence-electron chi connectivity index (χ4n) is 1.40. The molecule has 1 aromatic heterocycles. The van der Waals surface area contributed by atoms with Gasteiger partial charge in [-0.25, -0.2) is 0 Å². The maximum atomic E-state index is 12.0. The molecule has 0 radical (unpaired) electrons. The Morgan fingerprint density at radius 1 is 1.41 bits per heavy atom. The fraction of sp³-hybridized carbons (Fsp3) is 0.583. The molecule has 0 aromatic carbocycles. The van der Waals surface area contributed by atoms with Crippen LogP contribution in [0.25, 0.3) is 0 Å². The van der Waals surface area contributed by atoms with E-state index in [0.29, 0.717) is 10.6 Å². The molecule has 0 saturated carbocycles. The molecule has 3 nitrogen and oxygen atoms in total. The highest BCUT2D eigenvalue weighted by Gasteiger charge is 2.26. The van der Waals surface area contributed by atoms with Crippen LogP contribution in [0.2, 0.25) is 0 Å². The van der Waals surface area contributed by atoms with Gasteiger partial charge in [-0.05, 0) is 35.2 Å². The van der Waals surface area contributed by atoms with E-state index in [2.05, 4.69) is 42.0 Å². The quantitative estimate of drug-likeness (QED) is 0.876. The Morgan fingerprint density at radius 3 is 2.29 bits per heavy atom. The minimum atomic E-state index is -0.0984. The lowest BCUT2D eigenvalue weighted by Gasteiger charge is -2.16. The number of nitrogens with two attached hydrogens (primary N) is 1. The zero-order valence-electron chi connectivity index (χ0n) is 10.8. The molecule has 96 valence electrons. The minimum Gasteiger partial charge on any atom is -0.396 e. The number of thiophene rings is 1. The van der Waals surface area contributed by atoms with Gasteiger partial charge in [-0.15, -0.1) is 11.3 Å². The van der Waals surface area contributed by atoms with Crippen molar-refractivity contribution in [1.29, 1.82) is 0 Å². The molecule has 1 amide bonds. The van der Waals surface area contributed by atoms with Gasteiger partial charge in [-0.1, -0.05) is 20.8 Å². The van der Waals surface area contributed by atoms with Crippen LogP contribution in [-0.2, 0) is 5.41 Å². The zero-order chi connectivity index (χ0) is 13.4. The first-order valence-electron chi connectivity index (χ1n) is 5.53. The van der Waals surface area contributed by atoms with E-state index < -0.39 is 0 Å². The van der Waals surface area contributed by atoms with E-state index >= 15 is 0 Å². The third-order valence-corrected chi connectivity index (χ3v) is 4.91. The van der Waals surface area contributed by atoms with Crippen LogP contribution in [0.1, 0.15) is 49.2 Å². The predicted molar refractivity (Wildman–Crippen MR) is 77.7 cm³/mol. The summed E-state index contributed by atoms with van der Waals surface area (Å²) in [6.07, 6.45) is 0. The Bertz CT molecular complexity index is 432. The molecule has 0 fully saturated rings. The SMILES string of the molecule is CC(C)NC(=O)c1sc(C(C)(C)C)c(Br)c1N. The molecular formula is C12H19BrN2OS. The molecule has 0 aliphatic rings. The van der Waals surface area contributed by atoms with Gasteiger partial charge >= 0.3 is 0 Å². The van der Waals surface area contributed by atoms with Crippen molar-refractivity contribution in [3.8, 4) is 0 Å². The molecule has 3 N–H and O–H groups in total. The lowest BCUT2D eigenvalue weighted by Crippen LogP contribution is -2.29. The number of nitrogen functional groups attached to an aromatic ring is 1. The van der Waals surface area contributed by atoms with E-state index in [1.807, 2.05) is 13.8 Å². The molecular weight excluding hydrogens is 300 g/mol. The lowest BCUT2D eigenvalue weighted by molar-refractivity contribution is 0.0948. The van der Waals surface area contributed by atoms with Gasteiger partial charge in [-0.3, -0.25) is 4.79 Å². The van der Waals surface area contributed by atoms with Crippen LogP contribution in [0.4, 0.5) is 5.69 Å². The third kappa shape index (κ3) is 3.22. The highest BCUT2D eigenvalue weighted by molar-refractivity contribution is 9.10. The van der Waals surface area contributed by atoms with Gasteiger partial charge in [0, 0.05) is 10.9 Å². The summed E-state index contributed by atoms with van der Waals surface area (Å²) in [4.78, 5) is 13.7. The fourth-order valence-corrected chi connectivity index (χ4v) is 3.64. The number of hydrogen-bond donors (Lipinski definition) is 2. The molecule has 1 aromatic rings. The average Bonchev–Trinajstić information content (AvgIpc) is 2.42. The largest absolute Gasteiger partial charge is 0.396 e. The van der Waals surface area contributed by atoms with E-state index in [4.69, 9.17) is 5.73 Å². The normalized spacial score (nSPS) is 11.9. The average molecular weight is 319 g/mol. The summed E-state index contributed by atoms with van der Waals surface area (Å²) in [5, 5.41) is 2.86. The second-order valence-electron chi connectivity index (χ2n) is 5.37. The van der Waals surface area contributed by atoms with Crippen molar-refractivity contribution in [3.63, 3.8) is 0 Å². The van der Waals surface area contributed by atoms with Crippen molar-refractivity contribution in [2.24, 2.45) is 0 Å². The van der Waals surface area contributed by atoms with Gasteiger partial charge < -0.3 is 11.1 Å². The summed E-state index contributed by atoms with van der Waals surface area (Å²) < 4.78 is 0.851. The number of nitrogens with one attached hydrogen (secondary N) is 1. The topological polar surface area (TPSA) is 55.1 Å². The molecule has 5 heteroatoms. The number of carbonyl (C=O) groups excluding carboxylic acids is 1. The first-order chi connectivity index (χ1) is 7.64. The predicted octanol–water partition coefficient (Wildman–Crippen LogP) is 3.53. The number of carbonyl (C=O) groups is 1. The first kappa shape index (κ1) is 14.5. The lowest BCUT2D eigenvalue weighted by atomic mass is 9.94. The van der Waals surface area contributed by atoms with E-state index in [1.54, 1.807) is 0 Å². The molecule has 0 bridgehead atoms. The molecule has 0 saturated heterocycles. The second kappa shape index (κ2) is 4.98. The molecule has 0 aliphatic carbocycles. The molecule has 17 heavy (non-hydrogen) atoms. The maximum absolute atomic E-state index is 12.0. The minimum absolute atomic E-state index is 0.0199. The third-order valence-electron chi connectivity index (χ3n) is 2.19. The van der Waals surface area contributed by atoms with Gasteiger partial charge in [0.2, 0.25) is 0 Å². The number of rotatable bonds is 2. The Balaban J connectivity index is 3.16. The molecule has 0 aliphatic heterocycles. The summed E-state index contributed by atoms with van der Waals surface area (Å²) in [7, 11) is 0. The van der Waals surface area contributed by atoms with E-state index in [9.17, 15) is 4.79 Å². The van der Waals surface area contributed by atoms with Crippen LogP contribution in [0.3, 0.4) is 0 Å². The number of anilines is 1. The summed E-state index contributed by atoms with van der Waals surface area (Å²) in [5.74, 6) is -0.0984. The smallest absolute Gasteiger partial charge is 0.263 e. The number of amides is 1. The Hall–Kier alpha value is -0.550. The number of hydrogen-bond acceptors (Lipinski definition) is 3. The number of halogens is 1.